The van der Waals surface area contributed by atoms with Crippen molar-refractivity contribution in [2.45, 2.75) is 12.7 Å². The summed E-state index contributed by atoms with van der Waals surface area (Å²) in [6.45, 7) is 0.508. The van der Waals surface area contributed by atoms with Gasteiger partial charge in [-0.05, 0) is 35.9 Å². The molecule has 0 aliphatic heterocycles. The van der Waals surface area contributed by atoms with E-state index in [0.29, 0.717) is 29.0 Å². The molecule has 0 spiro atoms. The number of hydrogen-bond acceptors (Lipinski definition) is 7. The quantitative estimate of drug-likeness (QED) is 0.271. The zero-order valence-electron chi connectivity index (χ0n) is 19.6. The molecule has 0 aliphatic carbocycles. The van der Waals surface area contributed by atoms with Gasteiger partial charge >= 0.3 is 12.2 Å². The number of nitrogens with zero attached hydrogens (tertiary/aromatic N) is 6. The number of benzene rings is 2. The van der Waals surface area contributed by atoms with Crippen molar-refractivity contribution in [3.8, 4) is 11.8 Å². The lowest BCUT2D eigenvalue weighted by atomic mass is 10.2. The van der Waals surface area contributed by atoms with Gasteiger partial charge in [0.05, 0.1) is 28.4 Å². The molecule has 0 unspecified atom stereocenters. The normalized spacial score (nSPS) is 11.6. The molecule has 3 heterocycles. The number of fused-ring (bicyclic) bond motifs is 1. The third-order valence-corrected chi connectivity index (χ3v) is 5.70. The Morgan fingerprint density at radius 2 is 1.73 bits per heavy atom. The fourth-order valence-corrected chi connectivity index (χ4v) is 3.78. The molecule has 2 aromatic carbocycles. The van der Waals surface area contributed by atoms with Crippen LogP contribution in [0, 0.1) is 0 Å². The van der Waals surface area contributed by atoms with Gasteiger partial charge in [-0.2, -0.15) is 18.3 Å². The Balaban J connectivity index is 1.25. The van der Waals surface area contributed by atoms with Crippen molar-refractivity contribution >= 4 is 40.1 Å². The van der Waals surface area contributed by atoms with Gasteiger partial charge in [0.1, 0.15) is 11.4 Å². The fourth-order valence-electron chi connectivity index (χ4n) is 3.68. The average Bonchev–Trinajstić information content (AvgIpc) is 3.39. The highest BCUT2D eigenvalue weighted by Crippen LogP contribution is 2.31. The zero-order valence-corrected chi connectivity index (χ0v) is 20.3. The van der Waals surface area contributed by atoms with E-state index in [4.69, 9.17) is 16.3 Å². The fraction of sp³-hybridized carbons (Fsp3) is 0.167. The van der Waals surface area contributed by atoms with Crippen LogP contribution in [0.4, 0.5) is 30.6 Å². The molecular formula is C24H20ClF3N8O. The first-order chi connectivity index (χ1) is 17.7. The van der Waals surface area contributed by atoms with Crippen molar-refractivity contribution in [3.63, 3.8) is 0 Å². The highest BCUT2D eigenvalue weighted by molar-refractivity contribution is 6.30. The molecule has 13 heteroatoms. The smallest absolute Gasteiger partial charge is 0.424 e. The van der Waals surface area contributed by atoms with Gasteiger partial charge in [0.25, 0.3) is 0 Å². The van der Waals surface area contributed by atoms with E-state index >= 15 is 0 Å². The van der Waals surface area contributed by atoms with Crippen LogP contribution in [0.15, 0.2) is 60.9 Å². The lowest BCUT2D eigenvalue weighted by Crippen LogP contribution is -2.11. The van der Waals surface area contributed by atoms with Gasteiger partial charge in [-0.3, -0.25) is 4.68 Å². The Morgan fingerprint density at radius 1 is 1.00 bits per heavy atom. The molecule has 37 heavy (non-hydrogen) atoms. The molecule has 0 radical (unpaired) electrons. The molecular weight excluding hydrogens is 509 g/mol. The molecule has 2 N–H and O–H groups in total. The Bertz CT molecular complexity index is 1550. The predicted octanol–water partition coefficient (Wildman–Crippen LogP) is 5.92. The lowest BCUT2D eigenvalue weighted by molar-refractivity contribution is -0.143. The van der Waals surface area contributed by atoms with Crippen molar-refractivity contribution in [2.24, 2.45) is 14.1 Å². The second-order valence-corrected chi connectivity index (χ2v) is 8.58. The van der Waals surface area contributed by atoms with Gasteiger partial charge in [0.2, 0.25) is 5.95 Å². The van der Waals surface area contributed by atoms with E-state index in [1.807, 2.05) is 35.9 Å². The second kappa shape index (κ2) is 9.62. The summed E-state index contributed by atoms with van der Waals surface area (Å²) < 4.78 is 47.5. The van der Waals surface area contributed by atoms with Crippen molar-refractivity contribution in [1.29, 1.82) is 0 Å². The molecule has 0 saturated heterocycles. The Labute approximate surface area is 213 Å². The number of nitrogens with one attached hydrogen (secondary N) is 2. The number of anilines is 3. The average molecular weight is 529 g/mol. The molecule has 0 saturated carbocycles. The van der Waals surface area contributed by atoms with Gasteiger partial charge in [0, 0.05) is 32.4 Å². The van der Waals surface area contributed by atoms with E-state index in [1.165, 1.54) is 19.4 Å². The van der Waals surface area contributed by atoms with E-state index in [0.717, 1.165) is 27.3 Å². The molecule has 0 amide bonds. The van der Waals surface area contributed by atoms with Crippen molar-refractivity contribution in [1.82, 2.24) is 29.3 Å². The van der Waals surface area contributed by atoms with Crippen LogP contribution in [-0.4, -0.2) is 29.3 Å². The first-order valence-corrected chi connectivity index (χ1v) is 11.4. The van der Waals surface area contributed by atoms with E-state index in [9.17, 15) is 13.2 Å². The number of imidazole rings is 1. The molecule has 5 aromatic rings. The number of alkyl halides is 3. The van der Waals surface area contributed by atoms with Crippen LogP contribution >= 0.6 is 11.6 Å². The predicted molar refractivity (Wildman–Crippen MR) is 133 cm³/mol. The summed E-state index contributed by atoms with van der Waals surface area (Å²) in [6, 6.07) is 13.9. The summed E-state index contributed by atoms with van der Waals surface area (Å²) >= 11 is 5.78. The van der Waals surface area contributed by atoms with Crippen LogP contribution in [0.25, 0.3) is 11.0 Å². The first kappa shape index (κ1) is 24.4. The standard InChI is InChI=1S/C24H20ClF3N8O/c1-35-19-9-16(32-21-10-20(24(26,27)28)36(2)34-21)5-8-18(19)33-22(35)29-11-14-3-6-17(7-4-14)37-23-30-12-15(25)13-31-23/h3-10,12-13H,11H2,1-2H3,(H,29,33)(H,32,34). The van der Waals surface area contributed by atoms with Gasteiger partial charge in [-0.15, -0.1) is 0 Å². The largest absolute Gasteiger partial charge is 0.433 e. The highest BCUT2D eigenvalue weighted by atomic mass is 35.5. The second-order valence-electron chi connectivity index (χ2n) is 8.14. The van der Waals surface area contributed by atoms with Crippen molar-refractivity contribution in [2.75, 3.05) is 10.6 Å². The monoisotopic (exact) mass is 528 g/mol. The summed E-state index contributed by atoms with van der Waals surface area (Å²) in [6.07, 6.45) is -1.56. The van der Waals surface area contributed by atoms with Gasteiger partial charge < -0.3 is 19.9 Å². The number of halogens is 4. The topological polar surface area (TPSA) is 94.7 Å². The van der Waals surface area contributed by atoms with E-state index in [1.54, 1.807) is 18.2 Å². The summed E-state index contributed by atoms with van der Waals surface area (Å²) in [4.78, 5) is 12.6. The molecule has 0 fully saturated rings. The maximum atomic E-state index is 13.1. The summed E-state index contributed by atoms with van der Waals surface area (Å²) in [5.74, 6) is 1.33. The zero-order chi connectivity index (χ0) is 26.2. The van der Waals surface area contributed by atoms with Gasteiger partial charge in [-0.1, -0.05) is 23.7 Å². The number of rotatable bonds is 7. The summed E-state index contributed by atoms with van der Waals surface area (Å²) in [5, 5.41) is 10.6. The SMILES string of the molecule is Cn1nc(Nc2ccc3nc(NCc4ccc(Oc5ncc(Cl)cn5)cc4)n(C)c3c2)cc1C(F)(F)F. The number of ether oxygens (including phenoxy) is 1. The number of aryl methyl sites for hydroxylation is 2. The number of aromatic nitrogens is 6. The van der Waals surface area contributed by atoms with Crippen LogP contribution in [0.5, 0.6) is 11.8 Å². The summed E-state index contributed by atoms with van der Waals surface area (Å²) in [5.41, 5.74) is 2.29. The van der Waals surface area contributed by atoms with Crippen molar-refractivity contribution in [3.05, 3.63) is 77.2 Å². The Hall–Kier alpha value is -4.32. The van der Waals surface area contributed by atoms with E-state index in [-0.39, 0.29) is 11.8 Å². The minimum Gasteiger partial charge on any atom is -0.424 e. The molecule has 9 nitrogen and oxygen atoms in total. The van der Waals surface area contributed by atoms with Crippen LogP contribution in [0.1, 0.15) is 11.3 Å². The van der Waals surface area contributed by atoms with Crippen LogP contribution in [0.2, 0.25) is 5.02 Å². The third-order valence-electron chi connectivity index (χ3n) is 5.50. The van der Waals surface area contributed by atoms with Crippen LogP contribution in [0.3, 0.4) is 0 Å². The van der Waals surface area contributed by atoms with E-state index < -0.39 is 11.9 Å². The molecule has 0 bridgehead atoms. The Kier molecular flexibility index (Phi) is 6.34. The van der Waals surface area contributed by atoms with Gasteiger partial charge in [0.15, 0.2) is 5.82 Å². The molecule has 3 aromatic heterocycles. The van der Waals surface area contributed by atoms with Crippen molar-refractivity contribution < 1.29 is 17.9 Å². The molecule has 190 valence electrons. The molecule has 5 rings (SSSR count). The maximum absolute atomic E-state index is 13.1. The maximum Gasteiger partial charge on any atom is 0.433 e. The van der Waals surface area contributed by atoms with Crippen LogP contribution < -0.4 is 15.4 Å². The highest BCUT2D eigenvalue weighted by Gasteiger charge is 2.35. The van der Waals surface area contributed by atoms with Gasteiger partial charge in [-0.25, -0.2) is 15.0 Å². The molecule has 0 aliphatic rings. The number of hydrogen-bond donors (Lipinski definition) is 2. The minimum absolute atomic E-state index is 0.102. The lowest BCUT2D eigenvalue weighted by Gasteiger charge is -2.08. The minimum atomic E-state index is -4.48. The first-order valence-electron chi connectivity index (χ1n) is 11.0. The third kappa shape index (κ3) is 5.43. The van der Waals surface area contributed by atoms with E-state index in [2.05, 4.69) is 30.7 Å². The molecule has 0 atom stereocenters. The summed E-state index contributed by atoms with van der Waals surface area (Å²) in [7, 11) is 3.11. The van der Waals surface area contributed by atoms with Crippen LogP contribution in [-0.2, 0) is 26.8 Å². The Morgan fingerprint density at radius 3 is 2.41 bits per heavy atom.